The fraction of sp³-hybridized carbons (Fsp3) is 0. The van der Waals surface area contributed by atoms with Crippen LogP contribution < -0.4 is 37.7 Å². The molecule has 42 valence electrons. The Morgan fingerprint density at radius 2 is 1.14 bits per heavy atom. The maximum atomic E-state index is 7.94. The second-order valence-corrected chi connectivity index (χ2v) is 0. The molecule has 0 saturated carbocycles. The van der Waals surface area contributed by atoms with Crippen LogP contribution in [0, 0.1) is 0 Å². The molecule has 0 unspecified atom stereocenters. The van der Waals surface area contributed by atoms with Crippen LogP contribution in [0.3, 0.4) is 0 Å². The van der Waals surface area contributed by atoms with Gasteiger partial charge in [-0.1, -0.05) is 0 Å². The van der Waals surface area contributed by atoms with Gasteiger partial charge in [0.15, 0.2) is 0 Å². The second kappa shape index (κ2) is 83.0. The predicted octanol–water partition coefficient (Wildman–Crippen LogP) is -6.01. The van der Waals surface area contributed by atoms with Crippen molar-refractivity contribution in [3.8, 4) is 0 Å². The zero-order chi connectivity index (χ0) is 4.00. The Labute approximate surface area is 95.5 Å². The molecule has 0 bridgehead atoms. The molecule has 0 heterocycles. The van der Waals surface area contributed by atoms with E-state index in [0.717, 1.165) is 0 Å². The summed E-state index contributed by atoms with van der Waals surface area (Å²) in [6, 6.07) is 0. The van der Waals surface area contributed by atoms with Gasteiger partial charge in [0, 0.05) is 17.1 Å². The van der Waals surface area contributed by atoms with Gasteiger partial charge in [0.05, 0.1) is 0 Å². The molecule has 7 heteroatoms. The molecule has 7 heavy (non-hydrogen) atoms. The van der Waals surface area contributed by atoms with E-state index >= 15 is 0 Å². The normalized spacial score (nSPS) is 1.57. The molecule has 0 aliphatic rings. The Kier molecular flexibility index (Phi) is 410. The summed E-state index contributed by atoms with van der Waals surface area (Å²) in [5.74, 6) is 0. The van der Waals surface area contributed by atoms with Crippen LogP contribution in [0.1, 0.15) is 2.85 Å². The Hall–Kier alpha value is 2.31. The van der Waals surface area contributed by atoms with Gasteiger partial charge in [0.1, 0.15) is 0 Å². The van der Waals surface area contributed by atoms with Crippen molar-refractivity contribution < 1.29 is 96.5 Å². The summed E-state index contributed by atoms with van der Waals surface area (Å²) >= 11 is 4.94. The van der Waals surface area contributed by atoms with E-state index < -0.39 is 0 Å². The molecule has 1 radical (unpaired) electrons. The molecule has 0 aliphatic carbocycles. The Bertz CT molecular complexity index is 24.5. The topological polar surface area (TPSA) is 34.1 Å². The molecule has 0 fully saturated rings. The molecule has 0 amide bonds. The summed E-state index contributed by atoms with van der Waals surface area (Å²) in [6.07, 6.45) is 0. The predicted molar refractivity (Wildman–Crippen MR) is 3.60 cm³/mol. The Balaban J connectivity index is -0.00000000114. The van der Waals surface area contributed by atoms with Gasteiger partial charge in [-0.15, -0.1) is 0 Å². The molecule has 0 aromatic rings. The summed E-state index contributed by atoms with van der Waals surface area (Å²) in [6.45, 7) is 0. The maximum absolute atomic E-state index is 7.94. The van der Waals surface area contributed by atoms with Crippen molar-refractivity contribution in [1.29, 1.82) is 0 Å². The zero-order valence-corrected chi connectivity index (χ0v) is 7.05. The molecule has 0 aromatic heterocycles. The van der Waals surface area contributed by atoms with Gasteiger partial charge < -0.3 is 2.85 Å². The van der Waals surface area contributed by atoms with Crippen LogP contribution in [-0.2, 0) is 55.9 Å². The van der Waals surface area contributed by atoms with E-state index in [0.29, 0.717) is 0 Å². The first-order valence-electron chi connectivity index (χ1n) is 0.265. The minimum atomic E-state index is 0. The van der Waals surface area contributed by atoms with E-state index in [1.807, 2.05) is 0 Å². The molecule has 0 N–H and O–H groups in total. The Morgan fingerprint density at radius 1 is 1.14 bits per heavy atom. The summed E-state index contributed by atoms with van der Waals surface area (Å²) in [5.41, 5.74) is 0. The summed E-state index contributed by atoms with van der Waals surface area (Å²) in [5, 5.41) is 0. The number of hydrogen-bond acceptors (Lipinski definition) is 2. The van der Waals surface area contributed by atoms with Crippen LogP contribution in [0.15, 0.2) is 0 Å². The third-order valence-electron chi connectivity index (χ3n) is 0. The van der Waals surface area contributed by atoms with Crippen LogP contribution >= 0.6 is 0 Å². The fourth-order valence-corrected chi connectivity index (χ4v) is 0. The standard InChI is InChI=1S/Co.2Li.Mn.Ni.2O.2H/q;2*+1;;;;;2*-1. The summed E-state index contributed by atoms with van der Waals surface area (Å²) < 4.78 is 15.8. The van der Waals surface area contributed by atoms with Crippen molar-refractivity contribution in [2.75, 3.05) is 0 Å². The van der Waals surface area contributed by atoms with Crippen molar-refractivity contribution in [2.45, 2.75) is 0 Å². The molecular formula is H2CoLi2MnNiO2. The van der Waals surface area contributed by atoms with Crippen LogP contribution in [0.4, 0.5) is 0 Å². The van der Waals surface area contributed by atoms with E-state index in [9.17, 15) is 0 Å². The molecule has 0 aromatic carbocycles. The van der Waals surface area contributed by atoms with Crippen LogP contribution in [-0.4, -0.2) is 0 Å². The van der Waals surface area contributed by atoms with Gasteiger partial charge in [0.25, 0.3) is 0 Å². The van der Waals surface area contributed by atoms with Crippen molar-refractivity contribution in [3.63, 3.8) is 0 Å². The average molecular weight is 220 g/mol. The average Bonchev–Trinajstić information content (AvgIpc) is 1.50. The molecule has 0 rings (SSSR count). The van der Waals surface area contributed by atoms with Crippen LogP contribution in [0.5, 0.6) is 0 Å². The third kappa shape index (κ3) is 61.9. The van der Waals surface area contributed by atoms with E-state index in [-0.39, 0.29) is 57.6 Å². The van der Waals surface area contributed by atoms with E-state index in [1.54, 1.807) is 0 Å². The molecule has 0 saturated heterocycles. The van der Waals surface area contributed by atoms with Gasteiger partial charge in [-0.05, 0) is 0 Å². The zero-order valence-electron chi connectivity index (χ0n) is 5.84. The number of rotatable bonds is 0. The third-order valence-corrected chi connectivity index (χ3v) is 0. The first-order chi connectivity index (χ1) is 2.00. The van der Waals surface area contributed by atoms with Crippen LogP contribution in [0.2, 0.25) is 0 Å². The quantitative estimate of drug-likeness (QED) is 0.381. The van der Waals surface area contributed by atoms with Gasteiger partial charge >= 0.3 is 76.5 Å². The van der Waals surface area contributed by atoms with E-state index in [4.69, 9.17) is 7.76 Å². The molecular weight excluding hydrogens is 218 g/mol. The van der Waals surface area contributed by atoms with Crippen molar-refractivity contribution in [2.24, 2.45) is 0 Å². The van der Waals surface area contributed by atoms with Crippen molar-refractivity contribution >= 4 is 0 Å². The molecule has 0 atom stereocenters. The first-order valence-corrected chi connectivity index (χ1v) is 1.09. The summed E-state index contributed by atoms with van der Waals surface area (Å²) in [7, 11) is 0. The fourth-order valence-electron chi connectivity index (χ4n) is 0. The number of hydrogen-bond donors (Lipinski definition) is 0. The molecule has 2 nitrogen and oxygen atoms in total. The van der Waals surface area contributed by atoms with Crippen molar-refractivity contribution in [1.82, 2.24) is 0 Å². The monoisotopic (exact) mass is 220 g/mol. The summed E-state index contributed by atoms with van der Waals surface area (Å²) in [4.78, 5) is 0. The van der Waals surface area contributed by atoms with Gasteiger partial charge in [-0.3, -0.25) is 0 Å². The van der Waals surface area contributed by atoms with Crippen LogP contribution in [0.25, 0.3) is 0 Å². The molecule has 0 spiro atoms. The SMILES string of the molecule is [H-].[H-].[Li+].[Li+].[Mn].[O]=[Co].[O]=[Ni]. The van der Waals surface area contributed by atoms with E-state index in [2.05, 4.69) is 31.1 Å². The molecule has 0 aliphatic heterocycles. The minimum absolute atomic E-state index is 0. The van der Waals surface area contributed by atoms with Gasteiger partial charge in [-0.25, -0.2) is 0 Å². The van der Waals surface area contributed by atoms with Gasteiger partial charge in [-0.2, -0.15) is 0 Å². The van der Waals surface area contributed by atoms with Gasteiger partial charge in [0.2, 0.25) is 0 Å². The van der Waals surface area contributed by atoms with Crippen molar-refractivity contribution in [3.05, 3.63) is 0 Å². The Morgan fingerprint density at radius 3 is 1.14 bits per heavy atom. The first kappa shape index (κ1) is 34.6. The second-order valence-electron chi connectivity index (χ2n) is 0. The van der Waals surface area contributed by atoms with E-state index in [1.165, 1.54) is 0 Å².